The molecule has 0 saturated heterocycles. The molecular formula is C19H20N6O. The van der Waals surface area contributed by atoms with Gasteiger partial charge < -0.3 is 5.32 Å². The highest BCUT2D eigenvalue weighted by Crippen LogP contribution is 2.29. The highest BCUT2D eigenvalue weighted by molar-refractivity contribution is 5.57. The van der Waals surface area contributed by atoms with Gasteiger partial charge in [0.15, 0.2) is 0 Å². The summed E-state index contributed by atoms with van der Waals surface area (Å²) < 4.78 is 1.65. The van der Waals surface area contributed by atoms with Crippen LogP contribution in [0.2, 0.25) is 0 Å². The zero-order valence-electron chi connectivity index (χ0n) is 14.3. The summed E-state index contributed by atoms with van der Waals surface area (Å²) in [6.45, 7) is 0. The Bertz CT molecular complexity index is 904. The van der Waals surface area contributed by atoms with E-state index in [1.54, 1.807) is 47.8 Å². The van der Waals surface area contributed by atoms with E-state index in [2.05, 4.69) is 25.4 Å². The smallest absolute Gasteiger partial charge is 0.267 e. The quantitative estimate of drug-likeness (QED) is 0.780. The van der Waals surface area contributed by atoms with Gasteiger partial charge in [-0.05, 0) is 43.9 Å². The van der Waals surface area contributed by atoms with E-state index >= 15 is 0 Å². The minimum Gasteiger partial charge on any atom is -0.366 e. The monoisotopic (exact) mass is 348 g/mol. The van der Waals surface area contributed by atoms with Gasteiger partial charge in [0.1, 0.15) is 5.82 Å². The van der Waals surface area contributed by atoms with E-state index in [9.17, 15) is 4.79 Å². The van der Waals surface area contributed by atoms with Crippen molar-refractivity contribution in [3.05, 3.63) is 65.6 Å². The number of anilines is 1. The van der Waals surface area contributed by atoms with Gasteiger partial charge in [-0.25, -0.2) is 9.67 Å². The van der Waals surface area contributed by atoms with Crippen LogP contribution in [-0.2, 0) is 0 Å². The van der Waals surface area contributed by atoms with Crippen LogP contribution < -0.4 is 10.9 Å². The summed E-state index contributed by atoms with van der Waals surface area (Å²) in [4.78, 5) is 24.7. The van der Waals surface area contributed by atoms with E-state index in [0.717, 1.165) is 42.8 Å². The van der Waals surface area contributed by atoms with Crippen molar-refractivity contribution < 1.29 is 0 Å². The van der Waals surface area contributed by atoms with Gasteiger partial charge in [-0.15, -0.1) is 0 Å². The number of pyridine rings is 1. The second-order valence-electron chi connectivity index (χ2n) is 6.48. The van der Waals surface area contributed by atoms with E-state index < -0.39 is 0 Å². The first kappa shape index (κ1) is 16.4. The van der Waals surface area contributed by atoms with Gasteiger partial charge in [0.05, 0.1) is 17.9 Å². The zero-order chi connectivity index (χ0) is 17.8. The van der Waals surface area contributed by atoms with Crippen LogP contribution in [0.15, 0.2) is 60.0 Å². The number of hydrogen-bond acceptors (Lipinski definition) is 6. The Balaban J connectivity index is 1.47. The molecule has 3 aromatic heterocycles. The average Bonchev–Trinajstić information content (AvgIpc) is 2.71. The molecule has 7 nitrogen and oxygen atoms in total. The first-order chi connectivity index (χ1) is 12.8. The SMILES string of the molecule is O=c1ccc(-c2ccncc2)nn1C1CCC(Nc2cnccn2)CC1. The molecule has 1 saturated carbocycles. The molecular weight excluding hydrogens is 328 g/mol. The van der Waals surface area contributed by atoms with E-state index in [-0.39, 0.29) is 11.6 Å². The summed E-state index contributed by atoms with van der Waals surface area (Å²) in [5.41, 5.74) is 1.71. The van der Waals surface area contributed by atoms with E-state index in [0.29, 0.717) is 6.04 Å². The number of nitrogens with one attached hydrogen (secondary N) is 1. The molecule has 132 valence electrons. The van der Waals surface area contributed by atoms with E-state index in [4.69, 9.17) is 0 Å². The van der Waals surface area contributed by atoms with Gasteiger partial charge in [0.2, 0.25) is 0 Å². The molecule has 0 amide bonds. The van der Waals surface area contributed by atoms with Crippen LogP contribution in [0.1, 0.15) is 31.7 Å². The molecule has 1 N–H and O–H groups in total. The van der Waals surface area contributed by atoms with Crippen LogP contribution in [0.4, 0.5) is 5.82 Å². The maximum Gasteiger partial charge on any atom is 0.267 e. The van der Waals surface area contributed by atoms with Gasteiger partial charge in [-0.3, -0.25) is 14.8 Å². The van der Waals surface area contributed by atoms with Crippen molar-refractivity contribution in [3.8, 4) is 11.3 Å². The van der Waals surface area contributed by atoms with Crippen LogP contribution >= 0.6 is 0 Å². The molecule has 0 unspecified atom stereocenters. The van der Waals surface area contributed by atoms with Crippen molar-refractivity contribution in [1.29, 1.82) is 0 Å². The third kappa shape index (κ3) is 3.61. The lowest BCUT2D eigenvalue weighted by atomic mass is 9.91. The maximum absolute atomic E-state index is 12.3. The number of rotatable bonds is 4. The van der Waals surface area contributed by atoms with Crippen molar-refractivity contribution in [3.63, 3.8) is 0 Å². The highest BCUT2D eigenvalue weighted by Gasteiger charge is 2.24. The summed E-state index contributed by atoms with van der Waals surface area (Å²) in [6.07, 6.45) is 12.3. The van der Waals surface area contributed by atoms with Crippen molar-refractivity contribution in [1.82, 2.24) is 24.7 Å². The zero-order valence-corrected chi connectivity index (χ0v) is 14.3. The van der Waals surface area contributed by atoms with Crippen LogP contribution in [0.5, 0.6) is 0 Å². The van der Waals surface area contributed by atoms with E-state index in [1.807, 2.05) is 12.1 Å². The molecule has 3 heterocycles. The molecule has 0 atom stereocenters. The third-order valence-corrected chi connectivity index (χ3v) is 4.76. The average molecular weight is 348 g/mol. The molecule has 0 aliphatic heterocycles. The Morgan fingerprint density at radius 1 is 0.923 bits per heavy atom. The topological polar surface area (TPSA) is 85.6 Å². The molecule has 1 aliphatic carbocycles. The van der Waals surface area contributed by atoms with Gasteiger partial charge in [-0.2, -0.15) is 5.10 Å². The van der Waals surface area contributed by atoms with Gasteiger partial charge in [0, 0.05) is 42.5 Å². The second kappa shape index (κ2) is 7.43. The normalized spacial score (nSPS) is 19.8. The third-order valence-electron chi connectivity index (χ3n) is 4.76. The molecule has 1 fully saturated rings. The summed E-state index contributed by atoms with van der Waals surface area (Å²) >= 11 is 0. The fraction of sp³-hybridized carbons (Fsp3) is 0.316. The molecule has 0 radical (unpaired) electrons. The Morgan fingerprint density at radius 2 is 1.73 bits per heavy atom. The fourth-order valence-corrected chi connectivity index (χ4v) is 3.41. The number of nitrogens with zero attached hydrogens (tertiary/aromatic N) is 5. The minimum atomic E-state index is -0.0480. The molecule has 26 heavy (non-hydrogen) atoms. The summed E-state index contributed by atoms with van der Waals surface area (Å²) in [5.74, 6) is 0.797. The van der Waals surface area contributed by atoms with Gasteiger partial charge >= 0.3 is 0 Å². The molecule has 0 bridgehead atoms. The maximum atomic E-state index is 12.3. The predicted molar refractivity (Wildman–Crippen MR) is 98.7 cm³/mol. The second-order valence-corrected chi connectivity index (χ2v) is 6.48. The number of aromatic nitrogens is 5. The Kier molecular flexibility index (Phi) is 4.68. The van der Waals surface area contributed by atoms with Crippen LogP contribution in [0.25, 0.3) is 11.3 Å². The molecule has 4 rings (SSSR count). The summed E-state index contributed by atoms with van der Waals surface area (Å²) in [6, 6.07) is 7.66. The molecule has 3 aromatic rings. The summed E-state index contributed by atoms with van der Waals surface area (Å²) in [5, 5.41) is 8.03. The van der Waals surface area contributed by atoms with Crippen molar-refractivity contribution in [2.24, 2.45) is 0 Å². The minimum absolute atomic E-state index is 0.0480. The Morgan fingerprint density at radius 3 is 2.46 bits per heavy atom. The first-order valence-corrected chi connectivity index (χ1v) is 8.82. The lowest BCUT2D eigenvalue weighted by Gasteiger charge is -2.29. The van der Waals surface area contributed by atoms with Crippen LogP contribution in [0, 0.1) is 0 Å². The molecule has 7 heteroatoms. The fourth-order valence-electron chi connectivity index (χ4n) is 3.41. The standard InChI is InChI=1S/C19H20N6O/c26-19-6-5-17(14-7-9-20-10-8-14)24-25(19)16-3-1-15(2-4-16)23-18-13-21-11-12-22-18/h5-13,15-16H,1-4H2,(H,22,23). The molecule has 0 aromatic carbocycles. The molecule has 1 aliphatic rings. The number of hydrogen-bond donors (Lipinski definition) is 1. The largest absolute Gasteiger partial charge is 0.366 e. The molecule has 0 spiro atoms. The van der Waals surface area contributed by atoms with Crippen LogP contribution in [0.3, 0.4) is 0 Å². The van der Waals surface area contributed by atoms with Crippen molar-refractivity contribution >= 4 is 5.82 Å². The van der Waals surface area contributed by atoms with Crippen LogP contribution in [-0.4, -0.2) is 30.8 Å². The highest BCUT2D eigenvalue weighted by atomic mass is 16.1. The lowest BCUT2D eigenvalue weighted by Crippen LogP contribution is -2.33. The van der Waals surface area contributed by atoms with Gasteiger partial charge in [-0.1, -0.05) is 0 Å². The Hall–Kier alpha value is -3.09. The van der Waals surface area contributed by atoms with Crippen molar-refractivity contribution in [2.45, 2.75) is 37.8 Å². The van der Waals surface area contributed by atoms with Gasteiger partial charge in [0.25, 0.3) is 5.56 Å². The van der Waals surface area contributed by atoms with Crippen molar-refractivity contribution in [2.75, 3.05) is 5.32 Å². The Labute approximate surface area is 151 Å². The first-order valence-electron chi connectivity index (χ1n) is 8.82. The predicted octanol–water partition coefficient (Wildman–Crippen LogP) is 2.69. The van der Waals surface area contributed by atoms with E-state index in [1.165, 1.54) is 0 Å². The lowest BCUT2D eigenvalue weighted by molar-refractivity contribution is 0.304. The summed E-state index contributed by atoms with van der Waals surface area (Å²) in [7, 11) is 0.